The minimum Gasteiger partial charge on any atom is -0.481 e. The minimum atomic E-state index is -1.01. The average Bonchev–Trinajstić information content (AvgIpc) is 3.06. The van der Waals surface area contributed by atoms with Crippen molar-refractivity contribution in [3.8, 4) is 22.9 Å². The van der Waals surface area contributed by atoms with Gasteiger partial charge in [0.15, 0.2) is 11.6 Å². The number of carboxylic acid groups (broad SMARTS) is 1. The van der Waals surface area contributed by atoms with Gasteiger partial charge in [-0.3, -0.25) is 4.79 Å². The Morgan fingerprint density at radius 2 is 2.00 bits per heavy atom. The molecule has 0 saturated carbocycles. The predicted octanol–water partition coefficient (Wildman–Crippen LogP) is 4.09. The van der Waals surface area contributed by atoms with Gasteiger partial charge in [-0.05, 0) is 42.5 Å². The third-order valence-corrected chi connectivity index (χ3v) is 3.83. The molecule has 3 aromatic rings. The average molecular weight is 428 g/mol. The largest absolute Gasteiger partial charge is 0.481 e. The van der Waals surface area contributed by atoms with Gasteiger partial charge in [0.05, 0.1) is 6.42 Å². The number of rotatable bonds is 7. The van der Waals surface area contributed by atoms with Crippen LogP contribution >= 0.6 is 24.0 Å². The van der Waals surface area contributed by atoms with Gasteiger partial charge in [-0.15, -0.1) is 12.4 Å². The summed E-state index contributed by atoms with van der Waals surface area (Å²) in [6, 6.07) is 10.1. The van der Waals surface area contributed by atoms with Crippen LogP contribution in [0.3, 0.4) is 0 Å². The Balaban J connectivity index is 0.00000280. The molecule has 3 rings (SSSR count). The Labute approximate surface area is 170 Å². The number of hydrogen-bond donors (Lipinski definition) is 2. The molecule has 0 radical (unpaired) electrons. The minimum absolute atomic E-state index is 0. The van der Waals surface area contributed by atoms with Crippen molar-refractivity contribution in [2.45, 2.75) is 18.9 Å². The van der Waals surface area contributed by atoms with E-state index in [0.717, 1.165) is 0 Å². The summed E-state index contributed by atoms with van der Waals surface area (Å²) in [4.78, 5) is 14.8. The predicted molar refractivity (Wildman–Crippen MR) is 102 cm³/mol. The van der Waals surface area contributed by atoms with Crippen LogP contribution in [0.15, 0.2) is 47.0 Å². The summed E-state index contributed by atoms with van der Waals surface area (Å²) in [5.41, 5.74) is 6.07. The summed E-state index contributed by atoms with van der Waals surface area (Å²) >= 11 is 5.80. The van der Waals surface area contributed by atoms with Gasteiger partial charge in [-0.1, -0.05) is 16.8 Å². The third-order valence-electron chi connectivity index (χ3n) is 3.57. The molecule has 10 heteroatoms. The van der Waals surface area contributed by atoms with Crippen LogP contribution in [-0.2, 0) is 11.2 Å². The molecule has 0 bridgehead atoms. The van der Waals surface area contributed by atoms with Crippen LogP contribution in [0.1, 0.15) is 12.3 Å². The van der Waals surface area contributed by atoms with Crippen molar-refractivity contribution in [3.63, 3.8) is 0 Å². The number of nitrogens with zero attached hydrogens (tertiary/aromatic N) is 2. The van der Waals surface area contributed by atoms with Gasteiger partial charge < -0.3 is 20.1 Å². The molecule has 0 spiro atoms. The molecule has 1 heterocycles. The maximum atomic E-state index is 14.3. The maximum Gasteiger partial charge on any atom is 0.304 e. The molecule has 0 fully saturated rings. The highest BCUT2D eigenvalue weighted by Gasteiger charge is 2.16. The smallest absolute Gasteiger partial charge is 0.304 e. The Hall–Kier alpha value is -2.68. The SMILES string of the molecule is Cl.NC(CC(=O)O)Cc1nc(-c2ccc(Oc3ccc(Cl)cc3)c(F)c2)no1. The fourth-order valence-corrected chi connectivity index (χ4v) is 2.45. The van der Waals surface area contributed by atoms with Crippen LogP contribution < -0.4 is 10.5 Å². The summed E-state index contributed by atoms with van der Waals surface area (Å²) in [5.74, 6) is -0.782. The number of nitrogens with two attached hydrogens (primary N) is 1. The van der Waals surface area contributed by atoms with E-state index < -0.39 is 17.8 Å². The second-order valence-electron chi connectivity index (χ2n) is 5.77. The Morgan fingerprint density at radius 3 is 2.64 bits per heavy atom. The fourth-order valence-electron chi connectivity index (χ4n) is 2.33. The molecule has 0 amide bonds. The van der Waals surface area contributed by atoms with E-state index in [1.165, 1.54) is 12.1 Å². The lowest BCUT2D eigenvalue weighted by atomic mass is 10.1. The maximum absolute atomic E-state index is 14.3. The van der Waals surface area contributed by atoms with Crippen molar-refractivity contribution in [1.82, 2.24) is 10.1 Å². The number of benzene rings is 2. The first-order valence-corrected chi connectivity index (χ1v) is 8.32. The Kier molecular flexibility index (Phi) is 7.33. The molecule has 28 heavy (non-hydrogen) atoms. The van der Waals surface area contributed by atoms with Crippen LogP contribution in [0.4, 0.5) is 4.39 Å². The molecule has 7 nitrogen and oxygen atoms in total. The van der Waals surface area contributed by atoms with Crippen LogP contribution in [0.5, 0.6) is 11.5 Å². The summed E-state index contributed by atoms with van der Waals surface area (Å²) in [6.07, 6.45) is -0.109. The van der Waals surface area contributed by atoms with E-state index in [1.807, 2.05) is 0 Å². The van der Waals surface area contributed by atoms with E-state index in [4.69, 9.17) is 31.7 Å². The number of aliphatic carboxylic acids is 1. The van der Waals surface area contributed by atoms with E-state index in [-0.39, 0.29) is 42.7 Å². The number of ether oxygens (including phenoxy) is 1. The monoisotopic (exact) mass is 427 g/mol. The van der Waals surface area contributed by atoms with Gasteiger partial charge in [-0.25, -0.2) is 4.39 Å². The standard InChI is InChI=1S/C18H15ClFN3O4.ClH/c19-11-2-4-13(5-3-11)26-15-6-1-10(7-14(15)20)18-22-16(27-23-18)8-12(21)9-17(24)25;/h1-7,12H,8-9,21H2,(H,24,25);1H. The molecule has 2 aromatic carbocycles. The van der Waals surface area contributed by atoms with Gasteiger partial charge in [0.1, 0.15) is 5.75 Å². The fraction of sp³-hybridized carbons (Fsp3) is 0.167. The zero-order chi connectivity index (χ0) is 19.4. The number of hydrogen-bond acceptors (Lipinski definition) is 6. The third kappa shape index (κ3) is 5.66. The van der Waals surface area contributed by atoms with E-state index >= 15 is 0 Å². The highest BCUT2D eigenvalue weighted by atomic mass is 35.5. The molecule has 0 aliphatic rings. The van der Waals surface area contributed by atoms with Crippen molar-refractivity contribution in [1.29, 1.82) is 0 Å². The number of halogens is 3. The summed E-state index contributed by atoms with van der Waals surface area (Å²) < 4.78 is 24.9. The van der Waals surface area contributed by atoms with Crippen LogP contribution in [0.2, 0.25) is 5.02 Å². The number of carbonyl (C=O) groups is 1. The van der Waals surface area contributed by atoms with Crippen molar-refractivity contribution in [2.75, 3.05) is 0 Å². The first-order chi connectivity index (χ1) is 12.9. The number of carboxylic acids is 1. The molecule has 3 N–H and O–H groups in total. The van der Waals surface area contributed by atoms with Crippen molar-refractivity contribution in [2.24, 2.45) is 5.73 Å². The van der Waals surface area contributed by atoms with Crippen LogP contribution in [-0.4, -0.2) is 27.3 Å². The summed E-state index contributed by atoms with van der Waals surface area (Å²) in [5, 5.41) is 13.0. The van der Waals surface area contributed by atoms with Gasteiger partial charge in [0.25, 0.3) is 0 Å². The summed E-state index contributed by atoms with van der Waals surface area (Å²) in [6.45, 7) is 0. The van der Waals surface area contributed by atoms with E-state index in [9.17, 15) is 9.18 Å². The molecule has 148 valence electrons. The molecule has 1 atom stereocenters. The highest BCUT2D eigenvalue weighted by Crippen LogP contribution is 2.28. The zero-order valence-corrected chi connectivity index (χ0v) is 15.9. The Bertz CT molecular complexity index is 950. The topological polar surface area (TPSA) is 111 Å². The lowest BCUT2D eigenvalue weighted by Crippen LogP contribution is -2.26. The molecule has 0 aliphatic carbocycles. The molecule has 1 unspecified atom stereocenters. The van der Waals surface area contributed by atoms with Gasteiger partial charge in [-0.2, -0.15) is 4.98 Å². The molecule has 0 saturated heterocycles. The van der Waals surface area contributed by atoms with Crippen molar-refractivity contribution in [3.05, 3.63) is 59.2 Å². The summed E-state index contributed by atoms with van der Waals surface area (Å²) in [7, 11) is 0. The zero-order valence-electron chi connectivity index (χ0n) is 14.3. The second-order valence-corrected chi connectivity index (χ2v) is 6.21. The molecular weight excluding hydrogens is 412 g/mol. The van der Waals surface area contributed by atoms with Crippen molar-refractivity contribution >= 4 is 30.0 Å². The quantitative estimate of drug-likeness (QED) is 0.583. The van der Waals surface area contributed by atoms with E-state index in [2.05, 4.69) is 10.1 Å². The van der Waals surface area contributed by atoms with Gasteiger partial charge >= 0.3 is 5.97 Å². The van der Waals surface area contributed by atoms with Crippen LogP contribution in [0.25, 0.3) is 11.4 Å². The molecule has 0 aliphatic heterocycles. The highest BCUT2D eigenvalue weighted by molar-refractivity contribution is 6.30. The van der Waals surface area contributed by atoms with Crippen molar-refractivity contribution < 1.29 is 23.6 Å². The normalized spacial score (nSPS) is 11.5. The van der Waals surface area contributed by atoms with Crippen LogP contribution in [0, 0.1) is 5.82 Å². The first-order valence-electron chi connectivity index (χ1n) is 7.94. The lowest BCUT2D eigenvalue weighted by Gasteiger charge is -2.07. The molecular formula is C18H16Cl2FN3O4. The van der Waals surface area contributed by atoms with Gasteiger partial charge in [0.2, 0.25) is 11.7 Å². The second kappa shape index (κ2) is 9.50. The molecule has 1 aromatic heterocycles. The van der Waals surface area contributed by atoms with E-state index in [1.54, 1.807) is 30.3 Å². The van der Waals surface area contributed by atoms with E-state index in [0.29, 0.717) is 16.3 Å². The Morgan fingerprint density at radius 1 is 1.29 bits per heavy atom. The number of aromatic nitrogens is 2. The first kappa shape index (κ1) is 21.6. The lowest BCUT2D eigenvalue weighted by molar-refractivity contribution is -0.137. The van der Waals surface area contributed by atoms with Gasteiger partial charge in [0, 0.05) is 23.0 Å².